The first-order valence-electron chi connectivity index (χ1n) is 7.84. The molecule has 1 aromatic heterocycles. The second-order valence-electron chi connectivity index (χ2n) is 6.09. The molecule has 1 aliphatic rings. The maximum atomic E-state index is 11.3. The van der Waals surface area contributed by atoms with Gasteiger partial charge in [0.25, 0.3) is 0 Å². The summed E-state index contributed by atoms with van der Waals surface area (Å²) < 4.78 is 0. The predicted octanol–water partition coefficient (Wildman–Crippen LogP) is 1.93. The van der Waals surface area contributed by atoms with Crippen LogP contribution < -0.4 is 5.32 Å². The Kier molecular flexibility index (Phi) is 4.18. The molecule has 0 amide bonds. The van der Waals surface area contributed by atoms with E-state index < -0.39 is 5.97 Å². The van der Waals surface area contributed by atoms with Crippen LogP contribution >= 0.6 is 0 Å². The van der Waals surface area contributed by atoms with E-state index >= 15 is 0 Å². The summed E-state index contributed by atoms with van der Waals surface area (Å²) in [5, 5.41) is 13.8. The normalized spacial score (nSPS) is 16.3. The Morgan fingerprint density at radius 1 is 1.27 bits per heavy atom. The Hall–Kier alpha value is -1.85. The van der Waals surface area contributed by atoms with E-state index in [0.717, 1.165) is 61.3 Å². The monoisotopic (exact) mass is 301 g/mol. The van der Waals surface area contributed by atoms with Gasteiger partial charge in [0.1, 0.15) is 0 Å². The fraction of sp³-hybridized carbons (Fsp3) is 0.471. The zero-order valence-electron chi connectivity index (χ0n) is 13.2. The molecule has 2 aromatic rings. The Balaban J connectivity index is 1.87. The molecule has 0 bridgehead atoms. The Morgan fingerprint density at radius 2 is 2.00 bits per heavy atom. The lowest BCUT2D eigenvalue weighted by atomic mass is 10.0. The van der Waals surface area contributed by atoms with Crippen LogP contribution in [0.1, 0.15) is 27.2 Å². The summed E-state index contributed by atoms with van der Waals surface area (Å²) in [5.41, 5.74) is 4.58. The molecule has 22 heavy (non-hydrogen) atoms. The number of aromatic nitrogens is 1. The maximum Gasteiger partial charge on any atom is 0.336 e. The number of rotatable bonds is 4. The number of H-pyrrole nitrogens is 1. The number of hydrogen-bond donors (Lipinski definition) is 3. The van der Waals surface area contributed by atoms with E-state index in [4.69, 9.17) is 0 Å². The first-order chi connectivity index (χ1) is 10.6. The Bertz CT molecular complexity index is 699. The molecule has 1 aromatic carbocycles. The summed E-state index contributed by atoms with van der Waals surface area (Å²) in [6.45, 7) is 9.32. The van der Waals surface area contributed by atoms with Crippen LogP contribution in [-0.4, -0.2) is 53.7 Å². The molecule has 0 atom stereocenters. The molecule has 3 N–H and O–H groups in total. The average molecular weight is 301 g/mol. The molecule has 118 valence electrons. The standard InChI is InChI=1S/C17H23N3O2/c1-11-9-15-13(3-6-20-7-4-18-5-8-20)12(2)19-16(15)10-14(11)17(21)22/h9-10,18-19H,3-8H2,1-2H3,(H,21,22). The largest absolute Gasteiger partial charge is 0.478 e. The molecule has 0 unspecified atom stereocenters. The predicted molar refractivity (Wildman–Crippen MR) is 87.7 cm³/mol. The number of carboxylic acids is 1. The molecular weight excluding hydrogens is 278 g/mol. The number of piperazine rings is 1. The molecule has 1 aliphatic heterocycles. The molecule has 0 saturated carbocycles. The van der Waals surface area contributed by atoms with Gasteiger partial charge in [-0.25, -0.2) is 4.79 Å². The van der Waals surface area contributed by atoms with E-state index in [1.54, 1.807) is 6.07 Å². The zero-order valence-corrected chi connectivity index (χ0v) is 13.2. The number of carbonyl (C=O) groups is 1. The summed E-state index contributed by atoms with van der Waals surface area (Å²) in [6, 6.07) is 3.77. The van der Waals surface area contributed by atoms with Crippen molar-refractivity contribution in [3.05, 3.63) is 34.5 Å². The van der Waals surface area contributed by atoms with Gasteiger partial charge in [-0.1, -0.05) is 0 Å². The van der Waals surface area contributed by atoms with Crippen LogP contribution in [0, 0.1) is 13.8 Å². The highest BCUT2D eigenvalue weighted by Crippen LogP contribution is 2.26. The van der Waals surface area contributed by atoms with E-state index in [-0.39, 0.29) is 0 Å². The molecule has 0 aliphatic carbocycles. The molecule has 1 saturated heterocycles. The molecule has 5 heteroatoms. The number of carboxylic acid groups (broad SMARTS) is 1. The summed E-state index contributed by atoms with van der Waals surface area (Å²) in [7, 11) is 0. The van der Waals surface area contributed by atoms with Gasteiger partial charge in [-0.05, 0) is 43.5 Å². The van der Waals surface area contributed by atoms with E-state index in [2.05, 4.69) is 22.1 Å². The van der Waals surface area contributed by atoms with Crippen LogP contribution in [0.2, 0.25) is 0 Å². The highest BCUT2D eigenvalue weighted by Gasteiger charge is 2.15. The topological polar surface area (TPSA) is 68.4 Å². The van der Waals surface area contributed by atoms with Crippen molar-refractivity contribution in [2.45, 2.75) is 20.3 Å². The molecule has 0 spiro atoms. The first-order valence-corrected chi connectivity index (χ1v) is 7.84. The van der Waals surface area contributed by atoms with Crippen molar-refractivity contribution in [1.29, 1.82) is 0 Å². The lowest BCUT2D eigenvalue weighted by Crippen LogP contribution is -2.44. The highest BCUT2D eigenvalue weighted by atomic mass is 16.4. The molecule has 5 nitrogen and oxygen atoms in total. The number of aromatic amines is 1. The molecule has 0 radical (unpaired) electrons. The average Bonchev–Trinajstić information content (AvgIpc) is 2.80. The van der Waals surface area contributed by atoms with Crippen molar-refractivity contribution < 1.29 is 9.90 Å². The number of fused-ring (bicyclic) bond motifs is 1. The van der Waals surface area contributed by atoms with Crippen molar-refractivity contribution in [3.8, 4) is 0 Å². The van der Waals surface area contributed by atoms with Crippen molar-refractivity contribution >= 4 is 16.9 Å². The van der Waals surface area contributed by atoms with Crippen LogP contribution in [0.4, 0.5) is 0 Å². The van der Waals surface area contributed by atoms with Crippen LogP contribution in [0.5, 0.6) is 0 Å². The fourth-order valence-corrected chi connectivity index (χ4v) is 3.30. The number of aromatic carboxylic acids is 1. The molecular formula is C17H23N3O2. The number of nitrogens with one attached hydrogen (secondary N) is 2. The number of benzene rings is 1. The van der Waals surface area contributed by atoms with E-state index in [1.807, 2.05) is 13.0 Å². The first kappa shape index (κ1) is 15.1. The maximum absolute atomic E-state index is 11.3. The summed E-state index contributed by atoms with van der Waals surface area (Å²) in [6.07, 6.45) is 0.998. The van der Waals surface area contributed by atoms with Crippen LogP contribution in [0.25, 0.3) is 10.9 Å². The number of nitrogens with zero attached hydrogens (tertiary/aromatic N) is 1. The van der Waals surface area contributed by atoms with Crippen LogP contribution in [0.3, 0.4) is 0 Å². The third kappa shape index (κ3) is 2.87. The SMILES string of the molecule is Cc1cc2c(CCN3CCNCC3)c(C)[nH]c2cc1C(=O)O. The van der Waals surface area contributed by atoms with Crippen LogP contribution in [-0.2, 0) is 6.42 Å². The van der Waals surface area contributed by atoms with Crippen LogP contribution in [0.15, 0.2) is 12.1 Å². The summed E-state index contributed by atoms with van der Waals surface area (Å²) in [4.78, 5) is 17.1. The van der Waals surface area contributed by atoms with Crippen molar-refractivity contribution in [2.75, 3.05) is 32.7 Å². The van der Waals surface area contributed by atoms with Gasteiger partial charge in [-0.2, -0.15) is 0 Å². The van der Waals surface area contributed by atoms with Gasteiger partial charge >= 0.3 is 5.97 Å². The minimum absolute atomic E-state index is 0.377. The van der Waals surface area contributed by atoms with Gasteiger partial charge in [0.05, 0.1) is 5.56 Å². The molecule has 3 rings (SSSR count). The number of aryl methyl sites for hydroxylation is 2. The number of hydrogen-bond acceptors (Lipinski definition) is 3. The van der Waals surface area contributed by atoms with Gasteiger partial charge in [-0.15, -0.1) is 0 Å². The van der Waals surface area contributed by atoms with E-state index in [1.165, 1.54) is 5.56 Å². The second kappa shape index (κ2) is 6.10. The summed E-state index contributed by atoms with van der Waals surface area (Å²) >= 11 is 0. The third-order valence-electron chi connectivity index (χ3n) is 4.58. The van der Waals surface area contributed by atoms with Crippen molar-refractivity contribution in [2.24, 2.45) is 0 Å². The quantitative estimate of drug-likeness (QED) is 0.807. The zero-order chi connectivity index (χ0) is 15.7. The molecule has 1 fully saturated rings. The third-order valence-corrected chi connectivity index (χ3v) is 4.58. The van der Waals surface area contributed by atoms with Gasteiger partial charge in [-0.3, -0.25) is 0 Å². The summed E-state index contributed by atoms with van der Waals surface area (Å²) in [5.74, 6) is -0.867. The van der Waals surface area contributed by atoms with Gasteiger partial charge in [0.15, 0.2) is 0 Å². The van der Waals surface area contributed by atoms with Gasteiger partial charge in [0, 0.05) is 49.3 Å². The minimum atomic E-state index is -0.867. The Labute approximate surface area is 130 Å². The highest BCUT2D eigenvalue weighted by molar-refractivity contribution is 5.96. The Morgan fingerprint density at radius 3 is 2.68 bits per heavy atom. The fourth-order valence-electron chi connectivity index (χ4n) is 3.30. The smallest absolute Gasteiger partial charge is 0.336 e. The lowest BCUT2D eigenvalue weighted by molar-refractivity contribution is 0.0696. The van der Waals surface area contributed by atoms with Gasteiger partial charge < -0.3 is 20.3 Å². The van der Waals surface area contributed by atoms with Gasteiger partial charge in [0.2, 0.25) is 0 Å². The van der Waals surface area contributed by atoms with E-state index in [0.29, 0.717) is 5.56 Å². The van der Waals surface area contributed by atoms with Crippen molar-refractivity contribution in [1.82, 2.24) is 15.2 Å². The molecule has 2 heterocycles. The second-order valence-corrected chi connectivity index (χ2v) is 6.09. The van der Waals surface area contributed by atoms with E-state index in [9.17, 15) is 9.90 Å². The minimum Gasteiger partial charge on any atom is -0.478 e. The lowest BCUT2D eigenvalue weighted by Gasteiger charge is -2.27. The van der Waals surface area contributed by atoms with Crippen molar-refractivity contribution in [3.63, 3.8) is 0 Å².